The van der Waals surface area contributed by atoms with E-state index in [2.05, 4.69) is 4.72 Å². The van der Waals surface area contributed by atoms with Gasteiger partial charge in [0.15, 0.2) is 0 Å². The summed E-state index contributed by atoms with van der Waals surface area (Å²) in [6.07, 6.45) is 0. The molecule has 0 radical (unpaired) electrons. The monoisotopic (exact) mass is 353 g/mol. The van der Waals surface area contributed by atoms with Crippen molar-refractivity contribution in [2.24, 2.45) is 0 Å². The van der Waals surface area contributed by atoms with E-state index in [1.807, 2.05) is 13.0 Å². The Balaban J connectivity index is 1.91. The first-order valence-corrected chi connectivity index (χ1v) is 8.87. The first kappa shape index (κ1) is 17.5. The molecule has 0 aliphatic heterocycles. The number of hydrogen-bond donors (Lipinski definition) is 1. The zero-order chi connectivity index (χ0) is 16.9. The zero-order valence-electron chi connectivity index (χ0n) is 12.5. The molecule has 7 heteroatoms. The maximum atomic E-state index is 12.0. The van der Waals surface area contributed by atoms with Crippen LogP contribution in [0.15, 0.2) is 48.5 Å². The molecule has 2 aromatic carbocycles. The molecule has 0 saturated heterocycles. The van der Waals surface area contributed by atoms with E-state index >= 15 is 0 Å². The molecule has 1 N–H and O–H groups in total. The summed E-state index contributed by atoms with van der Waals surface area (Å²) in [6.45, 7) is 1.42. The van der Waals surface area contributed by atoms with Gasteiger partial charge in [-0.3, -0.25) is 4.79 Å². The van der Waals surface area contributed by atoms with Crippen molar-refractivity contribution in [1.29, 1.82) is 0 Å². The van der Waals surface area contributed by atoms with Crippen molar-refractivity contribution < 1.29 is 17.9 Å². The average Bonchev–Trinajstić information content (AvgIpc) is 2.48. The van der Waals surface area contributed by atoms with Crippen molar-refractivity contribution in [1.82, 2.24) is 4.72 Å². The number of hydrogen-bond acceptors (Lipinski definition) is 4. The van der Waals surface area contributed by atoms with Gasteiger partial charge in [0.05, 0.1) is 5.75 Å². The van der Waals surface area contributed by atoms with Gasteiger partial charge >= 0.3 is 5.97 Å². The van der Waals surface area contributed by atoms with Gasteiger partial charge in [0.2, 0.25) is 10.0 Å². The van der Waals surface area contributed by atoms with Crippen LogP contribution in [-0.2, 0) is 20.6 Å². The molecular formula is C16H16ClNO4S. The van der Waals surface area contributed by atoms with E-state index in [4.69, 9.17) is 16.3 Å². The standard InChI is InChI=1S/C16H16ClNO4S/c1-12-5-4-7-14(9-12)22-16(19)10-18-23(20,21)11-13-6-2-3-8-15(13)17/h2-9,18H,10-11H2,1H3. The predicted octanol–water partition coefficient (Wildman–Crippen LogP) is 2.67. The third-order valence-electron chi connectivity index (χ3n) is 2.96. The second-order valence-electron chi connectivity index (χ2n) is 4.96. The van der Waals surface area contributed by atoms with Gasteiger partial charge in [0.1, 0.15) is 12.3 Å². The molecule has 0 aromatic heterocycles. The highest BCUT2D eigenvalue weighted by Crippen LogP contribution is 2.17. The van der Waals surface area contributed by atoms with Crippen molar-refractivity contribution in [3.63, 3.8) is 0 Å². The van der Waals surface area contributed by atoms with Crippen LogP contribution in [-0.4, -0.2) is 20.9 Å². The average molecular weight is 354 g/mol. The van der Waals surface area contributed by atoms with E-state index in [0.717, 1.165) is 5.56 Å². The normalized spacial score (nSPS) is 11.2. The highest BCUT2D eigenvalue weighted by Gasteiger charge is 2.16. The van der Waals surface area contributed by atoms with Crippen LogP contribution in [0.25, 0.3) is 0 Å². The summed E-state index contributed by atoms with van der Waals surface area (Å²) in [5, 5.41) is 0.361. The fourth-order valence-corrected chi connectivity index (χ4v) is 3.27. The number of rotatable bonds is 6. The summed E-state index contributed by atoms with van der Waals surface area (Å²) >= 11 is 5.93. The topological polar surface area (TPSA) is 72.5 Å². The van der Waals surface area contributed by atoms with E-state index in [1.165, 1.54) is 0 Å². The SMILES string of the molecule is Cc1cccc(OC(=O)CNS(=O)(=O)Cc2ccccc2Cl)c1. The molecule has 23 heavy (non-hydrogen) atoms. The summed E-state index contributed by atoms with van der Waals surface area (Å²) < 4.78 is 31.3. The Bertz CT molecular complexity index is 805. The number of nitrogens with one attached hydrogen (secondary N) is 1. The minimum absolute atomic E-state index is 0.301. The molecule has 0 heterocycles. The van der Waals surface area contributed by atoms with E-state index in [1.54, 1.807) is 42.5 Å². The first-order chi connectivity index (χ1) is 10.9. The predicted molar refractivity (Wildman–Crippen MR) is 88.9 cm³/mol. The first-order valence-electron chi connectivity index (χ1n) is 6.84. The Morgan fingerprint density at radius 1 is 1.17 bits per heavy atom. The molecule has 0 bridgehead atoms. The molecule has 0 aliphatic carbocycles. The number of carbonyl (C=O) groups excluding carboxylic acids is 1. The number of benzene rings is 2. The van der Waals surface area contributed by atoms with Gasteiger partial charge in [-0.15, -0.1) is 0 Å². The Morgan fingerprint density at radius 2 is 1.91 bits per heavy atom. The van der Waals surface area contributed by atoms with Crippen molar-refractivity contribution in [2.75, 3.05) is 6.54 Å². The van der Waals surface area contributed by atoms with Crippen LogP contribution in [0.1, 0.15) is 11.1 Å². The van der Waals surface area contributed by atoms with E-state index in [-0.39, 0.29) is 5.75 Å². The van der Waals surface area contributed by atoms with Crippen molar-refractivity contribution in [3.05, 3.63) is 64.7 Å². The van der Waals surface area contributed by atoms with Crippen LogP contribution in [0, 0.1) is 6.92 Å². The smallest absolute Gasteiger partial charge is 0.326 e. The molecule has 122 valence electrons. The number of ether oxygens (including phenoxy) is 1. The van der Waals surface area contributed by atoms with Crippen LogP contribution >= 0.6 is 11.6 Å². The molecule has 2 aromatic rings. The van der Waals surface area contributed by atoms with Gasteiger partial charge in [0, 0.05) is 5.02 Å². The molecule has 5 nitrogen and oxygen atoms in total. The molecule has 0 amide bonds. The minimum Gasteiger partial charge on any atom is -0.426 e. The lowest BCUT2D eigenvalue weighted by Crippen LogP contribution is -2.32. The van der Waals surface area contributed by atoms with Crippen LogP contribution in [0.2, 0.25) is 5.02 Å². The highest BCUT2D eigenvalue weighted by atomic mass is 35.5. The fraction of sp³-hybridized carbons (Fsp3) is 0.188. The molecule has 0 fully saturated rings. The zero-order valence-corrected chi connectivity index (χ0v) is 14.0. The molecule has 0 aliphatic rings. The summed E-state index contributed by atoms with van der Waals surface area (Å²) in [7, 11) is -3.69. The van der Waals surface area contributed by atoms with Crippen LogP contribution in [0.3, 0.4) is 0 Å². The minimum atomic E-state index is -3.69. The van der Waals surface area contributed by atoms with Crippen LogP contribution < -0.4 is 9.46 Å². The Morgan fingerprint density at radius 3 is 2.61 bits per heavy atom. The lowest BCUT2D eigenvalue weighted by Gasteiger charge is -2.08. The number of esters is 1. The molecule has 2 rings (SSSR count). The Hall–Kier alpha value is -1.89. The number of halogens is 1. The van der Waals surface area contributed by atoms with E-state index in [9.17, 15) is 13.2 Å². The van der Waals surface area contributed by atoms with Crippen molar-refractivity contribution >= 4 is 27.6 Å². The van der Waals surface area contributed by atoms with Gasteiger partial charge in [-0.2, -0.15) is 0 Å². The summed E-state index contributed by atoms with van der Waals surface area (Å²) in [6, 6.07) is 13.6. The van der Waals surface area contributed by atoms with Crippen LogP contribution in [0.4, 0.5) is 0 Å². The van der Waals surface area contributed by atoms with E-state index < -0.39 is 22.5 Å². The third kappa shape index (κ3) is 5.67. The lowest BCUT2D eigenvalue weighted by atomic mass is 10.2. The summed E-state index contributed by atoms with van der Waals surface area (Å²) in [5.74, 6) is -0.608. The third-order valence-corrected chi connectivity index (χ3v) is 4.60. The number of carbonyl (C=O) groups is 1. The molecule has 0 unspecified atom stereocenters. The molecule has 0 atom stereocenters. The largest absolute Gasteiger partial charge is 0.426 e. The van der Waals surface area contributed by atoms with Gasteiger partial charge in [-0.1, -0.05) is 41.9 Å². The lowest BCUT2D eigenvalue weighted by molar-refractivity contribution is -0.133. The Labute approximate surface area is 140 Å². The maximum Gasteiger partial charge on any atom is 0.326 e. The molecular weight excluding hydrogens is 338 g/mol. The maximum absolute atomic E-state index is 12.0. The summed E-state index contributed by atoms with van der Waals surface area (Å²) in [5.41, 5.74) is 1.41. The Kier molecular flexibility index (Phi) is 5.76. The fourth-order valence-electron chi connectivity index (χ4n) is 1.89. The summed E-state index contributed by atoms with van der Waals surface area (Å²) in [4.78, 5) is 11.7. The molecule has 0 spiro atoms. The number of aryl methyl sites for hydroxylation is 1. The second kappa shape index (κ2) is 7.59. The van der Waals surface area contributed by atoms with Crippen LogP contribution in [0.5, 0.6) is 5.75 Å². The van der Waals surface area contributed by atoms with Gasteiger partial charge < -0.3 is 4.74 Å². The molecule has 0 saturated carbocycles. The van der Waals surface area contributed by atoms with Gasteiger partial charge in [-0.05, 0) is 36.2 Å². The van der Waals surface area contributed by atoms with Crippen molar-refractivity contribution in [3.8, 4) is 5.75 Å². The van der Waals surface area contributed by atoms with Gasteiger partial charge in [-0.25, -0.2) is 13.1 Å². The quantitative estimate of drug-likeness (QED) is 0.640. The van der Waals surface area contributed by atoms with Crippen molar-refractivity contribution in [2.45, 2.75) is 12.7 Å². The number of sulfonamides is 1. The van der Waals surface area contributed by atoms with E-state index in [0.29, 0.717) is 16.3 Å². The highest BCUT2D eigenvalue weighted by molar-refractivity contribution is 7.88. The van der Waals surface area contributed by atoms with Gasteiger partial charge in [0.25, 0.3) is 0 Å². The second-order valence-corrected chi connectivity index (χ2v) is 7.18.